The van der Waals surface area contributed by atoms with Crippen molar-refractivity contribution in [2.24, 2.45) is 22.4 Å². The second-order valence-electron chi connectivity index (χ2n) is 7.14. The Hall–Kier alpha value is -2.04. The average Bonchev–Trinajstić information content (AvgIpc) is 3.23. The third-order valence-electron chi connectivity index (χ3n) is 5.57. The van der Waals surface area contributed by atoms with Crippen molar-refractivity contribution in [3.05, 3.63) is 23.8 Å². The first kappa shape index (κ1) is 17.8. The van der Waals surface area contributed by atoms with Crippen molar-refractivity contribution < 1.29 is 14.3 Å². The van der Waals surface area contributed by atoms with Crippen LogP contribution in [-0.4, -0.2) is 25.3 Å². The maximum atomic E-state index is 12.4. The summed E-state index contributed by atoms with van der Waals surface area (Å²) in [5.74, 6) is 2.15. The van der Waals surface area contributed by atoms with Crippen LogP contribution < -0.4 is 14.9 Å². The molecule has 136 valence electrons. The molecule has 0 radical (unpaired) electrons. The zero-order chi connectivity index (χ0) is 17.9. The first-order valence-corrected chi connectivity index (χ1v) is 9.32. The molecule has 3 atom stereocenters. The van der Waals surface area contributed by atoms with Gasteiger partial charge in [0.1, 0.15) is 0 Å². The summed E-state index contributed by atoms with van der Waals surface area (Å²) in [5, 5.41) is 4.15. The van der Waals surface area contributed by atoms with Gasteiger partial charge in [0.2, 0.25) is 5.91 Å². The van der Waals surface area contributed by atoms with Crippen LogP contribution >= 0.6 is 0 Å². The summed E-state index contributed by atoms with van der Waals surface area (Å²) < 4.78 is 11.2. The Labute approximate surface area is 149 Å². The number of hydrogen-bond donors (Lipinski definition) is 1. The molecule has 0 aliphatic heterocycles. The van der Waals surface area contributed by atoms with Gasteiger partial charge in [0, 0.05) is 5.92 Å². The molecule has 2 aliphatic rings. The highest BCUT2D eigenvalue weighted by Gasteiger charge is 2.64. The molecule has 0 spiro atoms. The van der Waals surface area contributed by atoms with Crippen LogP contribution in [-0.2, 0) is 4.79 Å². The van der Waals surface area contributed by atoms with Gasteiger partial charge in [-0.2, -0.15) is 5.10 Å². The second-order valence-corrected chi connectivity index (χ2v) is 7.14. The smallest absolute Gasteiger partial charge is 0.244 e. The van der Waals surface area contributed by atoms with Gasteiger partial charge in [-0.1, -0.05) is 19.8 Å². The summed E-state index contributed by atoms with van der Waals surface area (Å²) in [6, 6.07) is 5.65. The van der Waals surface area contributed by atoms with E-state index in [1.807, 2.05) is 32.0 Å². The van der Waals surface area contributed by atoms with E-state index in [2.05, 4.69) is 17.5 Å². The van der Waals surface area contributed by atoms with Crippen molar-refractivity contribution in [1.82, 2.24) is 5.43 Å². The van der Waals surface area contributed by atoms with Gasteiger partial charge in [-0.3, -0.25) is 4.79 Å². The molecule has 0 bridgehead atoms. The number of benzene rings is 1. The Morgan fingerprint density at radius 3 is 2.72 bits per heavy atom. The first-order chi connectivity index (χ1) is 12.1. The first-order valence-electron chi connectivity index (χ1n) is 9.32. The van der Waals surface area contributed by atoms with E-state index >= 15 is 0 Å². The van der Waals surface area contributed by atoms with Crippen LogP contribution in [0.3, 0.4) is 0 Å². The zero-order valence-corrected chi connectivity index (χ0v) is 15.4. The zero-order valence-electron chi connectivity index (χ0n) is 15.4. The molecule has 5 heteroatoms. The fraction of sp³-hybridized carbons (Fsp3) is 0.600. The standard InChI is InChI=1S/C20H28N2O3/c1-4-24-16-10-9-14(12-17(16)25-5-2)13-21-22-19(23)18-15-8-6-7-11-20(15,18)3/h9-10,12-13,15,18H,4-8,11H2,1-3H3,(H,22,23)/b21-13+. The normalized spacial score (nSPS) is 27.6. The van der Waals surface area contributed by atoms with Crippen LogP contribution in [0.2, 0.25) is 0 Å². The molecule has 1 aromatic carbocycles. The Kier molecular flexibility index (Phi) is 5.30. The van der Waals surface area contributed by atoms with Gasteiger partial charge < -0.3 is 9.47 Å². The molecule has 2 aliphatic carbocycles. The maximum absolute atomic E-state index is 12.4. The van der Waals surface area contributed by atoms with Crippen molar-refractivity contribution in [3.63, 3.8) is 0 Å². The van der Waals surface area contributed by atoms with E-state index in [4.69, 9.17) is 9.47 Å². The van der Waals surface area contributed by atoms with Gasteiger partial charge in [0.15, 0.2) is 11.5 Å². The Morgan fingerprint density at radius 1 is 1.28 bits per heavy atom. The van der Waals surface area contributed by atoms with Crippen LogP contribution in [0.15, 0.2) is 23.3 Å². The van der Waals surface area contributed by atoms with Crippen LogP contribution in [0.4, 0.5) is 0 Å². The third-order valence-corrected chi connectivity index (χ3v) is 5.57. The van der Waals surface area contributed by atoms with E-state index in [1.54, 1.807) is 6.21 Å². The van der Waals surface area contributed by atoms with Crippen molar-refractivity contribution in [1.29, 1.82) is 0 Å². The Morgan fingerprint density at radius 2 is 2.04 bits per heavy atom. The second kappa shape index (κ2) is 7.46. The number of hydrogen-bond acceptors (Lipinski definition) is 4. The number of rotatable bonds is 7. The molecule has 0 heterocycles. The molecule has 1 amide bonds. The lowest BCUT2D eigenvalue weighted by Gasteiger charge is -2.15. The van der Waals surface area contributed by atoms with E-state index in [1.165, 1.54) is 19.3 Å². The summed E-state index contributed by atoms with van der Waals surface area (Å²) in [5.41, 5.74) is 3.80. The number of ether oxygens (including phenoxy) is 2. The molecule has 0 aromatic heterocycles. The number of carbonyl (C=O) groups is 1. The Bertz CT molecular complexity index is 658. The topological polar surface area (TPSA) is 59.9 Å². The molecule has 0 saturated heterocycles. The van der Waals surface area contributed by atoms with Crippen LogP contribution in [0.1, 0.15) is 52.0 Å². The molecule has 1 aromatic rings. The van der Waals surface area contributed by atoms with E-state index in [9.17, 15) is 4.79 Å². The van der Waals surface area contributed by atoms with Crippen LogP contribution in [0.25, 0.3) is 0 Å². The van der Waals surface area contributed by atoms with Gasteiger partial charge in [-0.05, 0) is 61.8 Å². The maximum Gasteiger partial charge on any atom is 0.244 e. The number of amides is 1. The molecular weight excluding hydrogens is 316 g/mol. The van der Waals surface area contributed by atoms with Gasteiger partial charge >= 0.3 is 0 Å². The summed E-state index contributed by atoms with van der Waals surface area (Å²) in [6.07, 6.45) is 6.49. The predicted molar refractivity (Wildman–Crippen MR) is 98.1 cm³/mol. The van der Waals surface area contributed by atoms with E-state index < -0.39 is 0 Å². The highest BCUT2D eigenvalue weighted by molar-refractivity contribution is 5.86. The fourth-order valence-corrected chi connectivity index (χ4v) is 4.24. The van der Waals surface area contributed by atoms with E-state index in [0.717, 1.165) is 17.7 Å². The van der Waals surface area contributed by atoms with Gasteiger partial charge in [-0.15, -0.1) is 0 Å². The largest absolute Gasteiger partial charge is 0.490 e. The lowest BCUT2D eigenvalue weighted by atomic mass is 9.90. The molecular formula is C20H28N2O3. The molecule has 3 rings (SSSR count). The predicted octanol–water partition coefficient (Wildman–Crippen LogP) is 3.76. The molecule has 2 saturated carbocycles. The van der Waals surface area contributed by atoms with Crippen molar-refractivity contribution >= 4 is 12.1 Å². The minimum Gasteiger partial charge on any atom is -0.490 e. The highest BCUT2D eigenvalue weighted by atomic mass is 16.5. The lowest BCUT2D eigenvalue weighted by molar-refractivity contribution is -0.123. The number of nitrogens with one attached hydrogen (secondary N) is 1. The third kappa shape index (κ3) is 3.65. The van der Waals surface area contributed by atoms with Crippen LogP contribution in [0.5, 0.6) is 11.5 Å². The molecule has 25 heavy (non-hydrogen) atoms. The minimum absolute atomic E-state index is 0.0571. The lowest BCUT2D eigenvalue weighted by Crippen LogP contribution is -2.22. The minimum atomic E-state index is 0.0571. The van der Waals surface area contributed by atoms with Crippen molar-refractivity contribution in [2.75, 3.05) is 13.2 Å². The number of nitrogens with zero attached hydrogens (tertiary/aromatic N) is 1. The van der Waals surface area contributed by atoms with Gasteiger partial charge in [0.25, 0.3) is 0 Å². The van der Waals surface area contributed by atoms with E-state index in [-0.39, 0.29) is 17.2 Å². The fourth-order valence-electron chi connectivity index (χ4n) is 4.24. The summed E-state index contributed by atoms with van der Waals surface area (Å²) in [4.78, 5) is 12.4. The molecule has 1 N–H and O–H groups in total. The average molecular weight is 344 g/mol. The summed E-state index contributed by atoms with van der Waals surface area (Å²) in [6.45, 7) is 7.28. The van der Waals surface area contributed by atoms with Gasteiger partial charge in [-0.25, -0.2) is 5.43 Å². The van der Waals surface area contributed by atoms with E-state index in [0.29, 0.717) is 24.9 Å². The summed E-state index contributed by atoms with van der Waals surface area (Å²) >= 11 is 0. The van der Waals surface area contributed by atoms with Crippen LogP contribution in [0, 0.1) is 17.3 Å². The van der Waals surface area contributed by atoms with Crippen molar-refractivity contribution in [3.8, 4) is 11.5 Å². The van der Waals surface area contributed by atoms with Gasteiger partial charge in [0.05, 0.1) is 19.4 Å². The monoisotopic (exact) mass is 344 g/mol. The highest BCUT2D eigenvalue weighted by Crippen LogP contribution is 2.66. The van der Waals surface area contributed by atoms with Crippen molar-refractivity contribution in [2.45, 2.75) is 46.5 Å². The summed E-state index contributed by atoms with van der Waals surface area (Å²) in [7, 11) is 0. The molecule has 2 fully saturated rings. The number of carbonyl (C=O) groups excluding carboxylic acids is 1. The molecule has 3 unspecified atom stereocenters. The quantitative estimate of drug-likeness (QED) is 0.605. The number of fused-ring (bicyclic) bond motifs is 1. The SMILES string of the molecule is CCOc1ccc(/C=N/NC(=O)C2C3CCCCC32C)cc1OCC. The Balaban J connectivity index is 1.60. The molecule has 5 nitrogen and oxygen atoms in total. The number of hydrazone groups is 1.